The fraction of sp³-hybridized carbons (Fsp3) is 0.143. The van der Waals surface area contributed by atoms with Crippen LogP contribution < -0.4 is 15.6 Å². The van der Waals surface area contributed by atoms with E-state index in [2.05, 4.69) is 10.9 Å². The van der Waals surface area contributed by atoms with Gasteiger partial charge < -0.3 is 9.15 Å². The van der Waals surface area contributed by atoms with Crippen LogP contribution in [0.15, 0.2) is 65.1 Å². The van der Waals surface area contributed by atoms with Crippen molar-refractivity contribution in [3.8, 4) is 5.75 Å². The molecule has 2 amide bonds. The lowest BCUT2D eigenvalue weighted by molar-refractivity contribution is 0.0828. The van der Waals surface area contributed by atoms with E-state index in [1.54, 1.807) is 12.1 Å². The van der Waals surface area contributed by atoms with Crippen LogP contribution in [0.1, 0.15) is 37.8 Å². The largest absolute Gasteiger partial charge is 0.486 e. The molecule has 0 aliphatic carbocycles. The van der Waals surface area contributed by atoms with Gasteiger partial charge in [0.1, 0.15) is 18.1 Å². The molecule has 0 unspecified atom stereocenters. The zero-order valence-electron chi connectivity index (χ0n) is 15.1. The SMILES string of the molecule is Cc1ccc(C)c(C(=O)NNC(=O)c2ccc(COc3ccccc3)o2)c1. The van der Waals surface area contributed by atoms with Crippen LogP contribution in [0.2, 0.25) is 0 Å². The number of ether oxygens (including phenoxy) is 1. The van der Waals surface area contributed by atoms with Crippen molar-refractivity contribution in [2.45, 2.75) is 20.5 Å². The molecule has 1 heterocycles. The minimum absolute atomic E-state index is 0.0860. The van der Waals surface area contributed by atoms with Crippen molar-refractivity contribution in [3.63, 3.8) is 0 Å². The van der Waals surface area contributed by atoms with Gasteiger partial charge in [0.05, 0.1) is 0 Å². The van der Waals surface area contributed by atoms with E-state index >= 15 is 0 Å². The second kappa shape index (κ2) is 8.23. The predicted molar refractivity (Wildman–Crippen MR) is 100 cm³/mol. The maximum atomic E-state index is 12.2. The molecule has 0 atom stereocenters. The van der Waals surface area contributed by atoms with Gasteiger partial charge in [0.25, 0.3) is 5.91 Å². The molecule has 0 bridgehead atoms. The lowest BCUT2D eigenvalue weighted by atomic mass is 10.1. The van der Waals surface area contributed by atoms with Gasteiger partial charge in [0.15, 0.2) is 5.76 Å². The van der Waals surface area contributed by atoms with E-state index in [1.807, 2.05) is 56.3 Å². The molecule has 3 rings (SSSR count). The van der Waals surface area contributed by atoms with Crippen molar-refractivity contribution in [1.29, 1.82) is 0 Å². The number of rotatable bonds is 5. The first-order valence-electron chi connectivity index (χ1n) is 8.47. The molecule has 0 saturated carbocycles. The molecule has 6 nitrogen and oxygen atoms in total. The number of amides is 2. The maximum Gasteiger partial charge on any atom is 0.305 e. The van der Waals surface area contributed by atoms with Crippen molar-refractivity contribution < 1.29 is 18.7 Å². The lowest BCUT2D eigenvalue weighted by Gasteiger charge is -2.09. The van der Waals surface area contributed by atoms with E-state index in [0.717, 1.165) is 11.1 Å². The Morgan fingerprint density at radius 1 is 0.926 bits per heavy atom. The second-order valence-corrected chi connectivity index (χ2v) is 6.09. The van der Waals surface area contributed by atoms with E-state index in [1.165, 1.54) is 6.07 Å². The summed E-state index contributed by atoms with van der Waals surface area (Å²) in [4.78, 5) is 24.4. The molecule has 138 valence electrons. The molecular formula is C21H20N2O4. The first-order chi connectivity index (χ1) is 13.0. The molecule has 0 fully saturated rings. The van der Waals surface area contributed by atoms with Crippen molar-refractivity contribution >= 4 is 11.8 Å². The highest BCUT2D eigenvalue weighted by molar-refractivity contribution is 5.98. The molecule has 0 aliphatic rings. The van der Waals surface area contributed by atoms with E-state index < -0.39 is 5.91 Å². The number of carbonyl (C=O) groups excluding carboxylic acids is 2. The predicted octanol–water partition coefficient (Wildman–Crippen LogP) is 3.55. The molecule has 6 heteroatoms. The van der Waals surface area contributed by atoms with Crippen LogP contribution in [0.5, 0.6) is 5.75 Å². The van der Waals surface area contributed by atoms with Crippen LogP contribution in [-0.2, 0) is 6.61 Å². The Morgan fingerprint density at radius 3 is 2.44 bits per heavy atom. The van der Waals surface area contributed by atoms with Gasteiger partial charge in [-0.1, -0.05) is 35.9 Å². The summed E-state index contributed by atoms with van der Waals surface area (Å²) < 4.78 is 11.0. The summed E-state index contributed by atoms with van der Waals surface area (Å²) in [6.45, 7) is 3.94. The van der Waals surface area contributed by atoms with E-state index in [9.17, 15) is 9.59 Å². The molecular weight excluding hydrogens is 344 g/mol. The third-order valence-electron chi connectivity index (χ3n) is 3.94. The fourth-order valence-electron chi connectivity index (χ4n) is 2.47. The molecule has 0 aliphatic heterocycles. The molecule has 27 heavy (non-hydrogen) atoms. The summed E-state index contributed by atoms with van der Waals surface area (Å²) in [6, 6.07) is 18.0. The van der Waals surface area contributed by atoms with Crippen LogP contribution in [0.3, 0.4) is 0 Å². The maximum absolute atomic E-state index is 12.2. The van der Waals surface area contributed by atoms with Crippen LogP contribution >= 0.6 is 0 Å². The van der Waals surface area contributed by atoms with Gasteiger partial charge in [-0.05, 0) is 49.7 Å². The summed E-state index contributed by atoms with van der Waals surface area (Å²) in [6.07, 6.45) is 0. The molecule has 0 spiro atoms. The average Bonchev–Trinajstić information content (AvgIpc) is 3.16. The minimum atomic E-state index is -0.542. The Hall–Kier alpha value is -3.54. The number of furan rings is 1. The fourth-order valence-corrected chi connectivity index (χ4v) is 2.47. The quantitative estimate of drug-likeness (QED) is 0.679. The van der Waals surface area contributed by atoms with Gasteiger partial charge in [-0.15, -0.1) is 0 Å². The first kappa shape index (κ1) is 18.3. The summed E-state index contributed by atoms with van der Waals surface area (Å²) in [5, 5.41) is 0. The van der Waals surface area contributed by atoms with E-state index in [0.29, 0.717) is 17.1 Å². The molecule has 2 N–H and O–H groups in total. The number of hydrazine groups is 1. The summed E-state index contributed by atoms with van der Waals surface area (Å²) in [7, 11) is 0. The Bertz CT molecular complexity index is 948. The monoisotopic (exact) mass is 364 g/mol. The van der Waals surface area contributed by atoms with Crippen LogP contribution in [0.4, 0.5) is 0 Å². The highest BCUT2D eigenvalue weighted by Crippen LogP contribution is 2.14. The Kier molecular flexibility index (Phi) is 5.56. The number of hydrogen-bond donors (Lipinski definition) is 2. The molecule has 0 radical (unpaired) electrons. The number of carbonyl (C=O) groups is 2. The average molecular weight is 364 g/mol. The molecule has 2 aromatic carbocycles. The minimum Gasteiger partial charge on any atom is -0.486 e. The lowest BCUT2D eigenvalue weighted by Crippen LogP contribution is -2.41. The highest BCUT2D eigenvalue weighted by atomic mass is 16.5. The van der Waals surface area contributed by atoms with Gasteiger partial charge in [-0.25, -0.2) is 0 Å². The number of benzene rings is 2. The number of aryl methyl sites for hydroxylation is 2. The van der Waals surface area contributed by atoms with Crippen LogP contribution in [0.25, 0.3) is 0 Å². The smallest absolute Gasteiger partial charge is 0.305 e. The Balaban J connectivity index is 1.55. The van der Waals surface area contributed by atoms with Gasteiger partial charge in [0.2, 0.25) is 0 Å². The summed E-state index contributed by atoms with van der Waals surface area (Å²) >= 11 is 0. The molecule has 3 aromatic rings. The van der Waals surface area contributed by atoms with E-state index in [-0.39, 0.29) is 18.3 Å². The van der Waals surface area contributed by atoms with Gasteiger partial charge in [0, 0.05) is 5.56 Å². The summed E-state index contributed by atoms with van der Waals surface area (Å²) in [5.41, 5.74) is 7.06. The van der Waals surface area contributed by atoms with Crippen molar-refractivity contribution in [2.75, 3.05) is 0 Å². The van der Waals surface area contributed by atoms with Crippen LogP contribution in [0, 0.1) is 13.8 Å². The van der Waals surface area contributed by atoms with Gasteiger partial charge in [-0.3, -0.25) is 20.4 Å². The number of para-hydroxylation sites is 1. The zero-order chi connectivity index (χ0) is 19.2. The molecule has 0 saturated heterocycles. The van der Waals surface area contributed by atoms with Gasteiger partial charge >= 0.3 is 5.91 Å². The first-order valence-corrected chi connectivity index (χ1v) is 8.47. The standard InChI is InChI=1S/C21H20N2O4/c1-14-8-9-15(2)18(12-14)20(24)22-23-21(25)19-11-10-17(27-19)13-26-16-6-4-3-5-7-16/h3-12H,13H2,1-2H3,(H,22,24)(H,23,25). The highest BCUT2D eigenvalue weighted by Gasteiger charge is 2.14. The molecule has 1 aromatic heterocycles. The third-order valence-corrected chi connectivity index (χ3v) is 3.94. The van der Waals surface area contributed by atoms with Crippen molar-refractivity contribution in [3.05, 3.63) is 88.9 Å². The Morgan fingerprint density at radius 2 is 1.67 bits per heavy atom. The number of hydrogen-bond acceptors (Lipinski definition) is 4. The third kappa shape index (κ3) is 4.76. The van der Waals surface area contributed by atoms with E-state index in [4.69, 9.17) is 9.15 Å². The van der Waals surface area contributed by atoms with Gasteiger partial charge in [-0.2, -0.15) is 0 Å². The normalized spacial score (nSPS) is 10.3. The zero-order valence-corrected chi connectivity index (χ0v) is 15.1. The van der Waals surface area contributed by atoms with Crippen molar-refractivity contribution in [1.82, 2.24) is 10.9 Å². The number of nitrogens with one attached hydrogen (secondary N) is 2. The summed E-state index contributed by atoms with van der Waals surface area (Å²) in [5.74, 6) is 0.372. The van der Waals surface area contributed by atoms with Crippen molar-refractivity contribution in [2.24, 2.45) is 0 Å². The van der Waals surface area contributed by atoms with Crippen LogP contribution in [-0.4, -0.2) is 11.8 Å². The topological polar surface area (TPSA) is 80.6 Å². The second-order valence-electron chi connectivity index (χ2n) is 6.09. The Labute approximate surface area is 157 Å².